The lowest BCUT2D eigenvalue weighted by atomic mass is 10.0. The van der Waals surface area contributed by atoms with Crippen LogP contribution in [0.25, 0.3) is 0 Å². The highest BCUT2D eigenvalue weighted by Gasteiger charge is 2.27. The summed E-state index contributed by atoms with van der Waals surface area (Å²) in [6, 6.07) is 13.4. The second kappa shape index (κ2) is 27.1. The van der Waals surface area contributed by atoms with E-state index < -0.39 is 98.3 Å². The Morgan fingerprint density at radius 3 is 0.933 bits per heavy atom. The number of benzene rings is 3. The van der Waals surface area contributed by atoms with Gasteiger partial charge in [0.15, 0.2) is 20.3 Å². The molecule has 6 atom stereocenters. The Kier molecular flexibility index (Phi) is 24.4. The van der Waals surface area contributed by atoms with Crippen LogP contribution in [-0.4, -0.2) is 116 Å². The minimum atomic E-state index is -1.33. The first-order valence-electron chi connectivity index (χ1n) is 16.8. The third kappa shape index (κ3) is 17.9. The van der Waals surface area contributed by atoms with E-state index in [1.54, 1.807) is 24.3 Å². The summed E-state index contributed by atoms with van der Waals surface area (Å²) in [4.78, 5) is 61.0. The molecule has 0 unspecified atom stereocenters. The van der Waals surface area contributed by atoms with E-state index in [1.807, 2.05) is 0 Å². The van der Waals surface area contributed by atoms with Gasteiger partial charge in [-0.05, 0) is 47.9 Å². The number of hydrogen-bond acceptors (Lipinski definition) is 14. The van der Waals surface area contributed by atoms with E-state index in [0.717, 1.165) is 0 Å². The first kappa shape index (κ1) is 54.1. The van der Waals surface area contributed by atoms with E-state index in [-0.39, 0.29) is 17.2 Å². The van der Waals surface area contributed by atoms with Crippen molar-refractivity contribution in [1.82, 2.24) is 16.0 Å². The number of nitro benzene ring substituents is 2. The molecule has 9 N–H and O–H groups in total. The number of Topliss-reactive ketones (excluding diaryl/α,β-unsaturated/α-hetero) is 1. The summed E-state index contributed by atoms with van der Waals surface area (Å²) >= 11 is 32.2. The van der Waals surface area contributed by atoms with E-state index in [2.05, 4.69) is 16.0 Å². The quantitative estimate of drug-likeness (QED) is 0.0383. The van der Waals surface area contributed by atoms with E-state index in [9.17, 15) is 59.8 Å². The summed E-state index contributed by atoms with van der Waals surface area (Å²) in [7, 11) is 0. The fourth-order valence-electron chi connectivity index (χ4n) is 4.61. The molecule has 0 saturated carbocycles. The number of amides is 3. The lowest BCUT2D eigenvalue weighted by Gasteiger charge is -2.23. The number of carbonyl (C=O) groups excluding carboxylic acids is 4. The van der Waals surface area contributed by atoms with Gasteiger partial charge in [-0.3, -0.25) is 39.4 Å². The predicted octanol–water partition coefficient (Wildman–Crippen LogP) is 3.02. The van der Waals surface area contributed by atoms with Crippen molar-refractivity contribution in [2.24, 2.45) is 0 Å². The van der Waals surface area contributed by atoms with Gasteiger partial charge in [0.25, 0.3) is 29.1 Å². The summed E-state index contributed by atoms with van der Waals surface area (Å²) in [6.45, 7) is -0.153. The summed E-state index contributed by atoms with van der Waals surface area (Å²) in [5.74, 6) is -2.31. The third-order valence-corrected chi connectivity index (χ3v) is 9.05. The van der Waals surface area contributed by atoms with Crippen LogP contribution in [0, 0.1) is 20.2 Å². The molecule has 0 bridgehead atoms. The van der Waals surface area contributed by atoms with Crippen LogP contribution in [0.3, 0.4) is 0 Å². The lowest BCUT2D eigenvalue weighted by Crippen LogP contribution is -2.44. The molecular formula is C35H39Cl6N5O14. The number of nitro groups is 2. The van der Waals surface area contributed by atoms with Gasteiger partial charge in [-0.25, -0.2) is 0 Å². The molecule has 0 spiro atoms. The third-order valence-electron chi connectivity index (χ3n) is 7.86. The first-order chi connectivity index (χ1) is 28.1. The molecule has 0 aliphatic rings. The number of aliphatic hydroxyl groups excluding tert-OH is 6. The Morgan fingerprint density at radius 1 is 0.517 bits per heavy atom. The Balaban J connectivity index is 0.000000450. The van der Waals surface area contributed by atoms with Crippen LogP contribution in [0.1, 0.15) is 52.3 Å². The van der Waals surface area contributed by atoms with Gasteiger partial charge in [0, 0.05) is 29.8 Å². The number of nitrogens with one attached hydrogen (secondary N) is 3. The molecule has 330 valence electrons. The average Bonchev–Trinajstić information content (AvgIpc) is 3.23. The SMILES string of the molecule is CC(=O)c1ccc([C@@H](O)[C@@H](CO)NC(=O)C(Cl)Cl)cc1.O=C(N[C@H](CO)[C@H](O)c1ccc([N+](=O)[O-])cc1)C(Cl)Cl.O=C(N[C@H](CO)[C@H](O)c1ccc([N+](=O)[O-])cc1)C(Cl)Cl. The molecular weight excluding hydrogens is 927 g/mol. The van der Waals surface area contributed by atoms with Crippen LogP contribution >= 0.6 is 69.6 Å². The molecule has 0 saturated heterocycles. The van der Waals surface area contributed by atoms with Crippen molar-refractivity contribution in [2.75, 3.05) is 19.8 Å². The fraction of sp³-hybridized carbons (Fsp3) is 0.371. The zero-order valence-corrected chi connectivity index (χ0v) is 35.4. The molecule has 3 amide bonds. The monoisotopic (exact) mass is 963 g/mol. The van der Waals surface area contributed by atoms with Gasteiger partial charge in [-0.1, -0.05) is 93.9 Å². The van der Waals surface area contributed by atoms with Gasteiger partial charge < -0.3 is 46.6 Å². The summed E-state index contributed by atoms with van der Waals surface area (Å²) in [5, 5.41) is 85.5. The molecule has 0 heterocycles. The van der Waals surface area contributed by atoms with Crippen molar-refractivity contribution >= 4 is 104 Å². The van der Waals surface area contributed by atoms with Crippen molar-refractivity contribution in [3.63, 3.8) is 0 Å². The smallest absolute Gasteiger partial charge is 0.269 e. The highest BCUT2D eigenvalue weighted by atomic mass is 35.5. The molecule has 3 aromatic rings. The van der Waals surface area contributed by atoms with Crippen LogP contribution in [0.2, 0.25) is 0 Å². The lowest BCUT2D eigenvalue weighted by molar-refractivity contribution is -0.385. The number of rotatable bonds is 18. The first-order valence-corrected chi connectivity index (χ1v) is 19.4. The molecule has 60 heavy (non-hydrogen) atoms. The zero-order chi connectivity index (χ0) is 45.9. The molecule has 0 fully saturated rings. The van der Waals surface area contributed by atoms with Gasteiger partial charge in [0.05, 0.1) is 47.8 Å². The highest BCUT2D eigenvalue weighted by molar-refractivity contribution is 6.54. The fourth-order valence-corrected chi connectivity index (χ4v) is 4.99. The average molecular weight is 966 g/mol. The number of carbonyl (C=O) groups is 4. The highest BCUT2D eigenvalue weighted by Crippen LogP contribution is 2.23. The van der Waals surface area contributed by atoms with Crippen molar-refractivity contribution < 1.29 is 59.7 Å². The topological polar surface area (TPSA) is 312 Å². The van der Waals surface area contributed by atoms with Crippen molar-refractivity contribution in [1.29, 1.82) is 0 Å². The van der Waals surface area contributed by atoms with Crippen molar-refractivity contribution in [3.8, 4) is 0 Å². The van der Waals surface area contributed by atoms with Gasteiger partial charge >= 0.3 is 0 Å². The van der Waals surface area contributed by atoms with Gasteiger partial charge in [0.1, 0.15) is 18.3 Å². The zero-order valence-electron chi connectivity index (χ0n) is 30.9. The molecule has 25 heteroatoms. The second-order valence-corrected chi connectivity index (χ2v) is 15.3. The molecule has 3 aromatic carbocycles. The number of ketones is 1. The number of halogens is 6. The van der Waals surface area contributed by atoms with Crippen LogP contribution in [0.5, 0.6) is 0 Å². The Hall–Kier alpha value is -3.96. The number of hydrogen-bond donors (Lipinski definition) is 9. The minimum absolute atomic E-state index is 0.0924. The van der Waals surface area contributed by atoms with E-state index in [4.69, 9.17) is 79.8 Å². The second-order valence-electron chi connectivity index (χ2n) is 12.0. The molecule has 0 aromatic heterocycles. The maximum atomic E-state index is 11.3. The molecule has 0 radical (unpaired) electrons. The number of alkyl halides is 6. The minimum Gasteiger partial charge on any atom is -0.394 e. The van der Waals surface area contributed by atoms with Gasteiger partial charge in [-0.2, -0.15) is 0 Å². The Labute approximate surface area is 371 Å². The van der Waals surface area contributed by atoms with Crippen LogP contribution in [-0.2, 0) is 14.4 Å². The van der Waals surface area contributed by atoms with E-state index >= 15 is 0 Å². The summed E-state index contributed by atoms with van der Waals surface area (Å²) in [6.07, 6.45) is -3.65. The number of nitrogens with zero attached hydrogens (tertiary/aromatic N) is 2. The molecule has 3 rings (SSSR count). The summed E-state index contributed by atoms with van der Waals surface area (Å²) in [5.41, 5.74) is 1.30. The number of aliphatic hydroxyl groups is 6. The maximum absolute atomic E-state index is 11.3. The van der Waals surface area contributed by atoms with Gasteiger partial charge in [0.2, 0.25) is 0 Å². The molecule has 19 nitrogen and oxygen atoms in total. The van der Waals surface area contributed by atoms with Crippen molar-refractivity contribution in [2.45, 2.75) is 57.9 Å². The van der Waals surface area contributed by atoms with Gasteiger partial charge in [-0.15, -0.1) is 0 Å². The summed E-state index contributed by atoms with van der Waals surface area (Å²) < 4.78 is 0. The van der Waals surface area contributed by atoms with Crippen molar-refractivity contribution in [3.05, 3.63) is 115 Å². The van der Waals surface area contributed by atoms with Crippen LogP contribution in [0.4, 0.5) is 11.4 Å². The predicted molar refractivity (Wildman–Crippen MR) is 221 cm³/mol. The molecule has 0 aliphatic carbocycles. The Bertz CT molecular complexity index is 1650. The molecule has 0 aliphatic heterocycles. The maximum Gasteiger partial charge on any atom is 0.269 e. The van der Waals surface area contributed by atoms with E-state index in [1.165, 1.54) is 55.5 Å². The normalized spacial score (nSPS) is 13.9. The standard InChI is InChI=1S/C13H15Cl2NO4.2C11H12Cl2N2O5/c1-7(18)8-2-4-9(5-3-8)11(19)10(6-17)16-13(20)12(14)15;2*12-10(13)11(18)14-8(5-16)9(17)6-1-3-7(4-2-6)15(19)20/h2-5,10-12,17,19H,6H2,1H3,(H,16,20);2*1-4,8-10,16-17H,5H2,(H,14,18)/t10-,11-;2*8-,9-/m111/s1. The Morgan fingerprint density at radius 2 is 0.750 bits per heavy atom. The van der Waals surface area contributed by atoms with Crippen LogP contribution in [0.15, 0.2) is 72.8 Å². The number of non-ortho nitro benzene ring substituents is 2. The van der Waals surface area contributed by atoms with E-state index in [0.29, 0.717) is 22.3 Å². The largest absolute Gasteiger partial charge is 0.394 e. The van der Waals surface area contributed by atoms with Crippen LogP contribution < -0.4 is 16.0 Å².